The van der Waals surface area contributed by atoms with Crippen LogP contribution in [-0.4, -0.2) is 35.7 Å². The minimum atomic E-state index is -0.632. The molecular formula is C13H19N3O3. The van der Waals surface area contributed by atoms with Crippen molar-refractivity contribution in [3.63, 3.8) is 0 Å². The van der Waals surface area contributed by atoms with Gasteiger partial charge in [0.1, 0.15) is 0 Å². The molecule has 1 aliphatic rings. The van der Waals surface area contributed by atoms with Gasteiger partial charge in [0.05, 0.1) is 11.4 Å². The summed E-state index contributed by atoms with van der Waals surface area (Å²) in [6.45, 7) is 11.7. The number of amides is 3. The molecule has 0 saturated carbocycles. The molecule has 0 aromatic heterocycles. The van der Waals surface area contributed by atoms with Crippen LogP contribution in [0.15, 0.2) is 24.6 Å². The van der Waals surface area contributed by atoms with E-state index < -0.39 is 5.91 Å². The third-order valence-electron chi connectivity index (χ3n) is 2.74. The quantitative estimate of drug-likeness (QED) is 0.694. The molecule has 1 saturated heterocycles. The van der Waals surface area contributed by atoms with Gasteiger partial charge in [0.15, 0.2) is 0 Å². The lowest BCUT2D eigenvalue weighted by Crippen LogP contribution is -2.46. The van der Waals surface area contributed by atoms with Gasteiger partial charge in [-0.05, 0) is 6.42 Å². The van der Waals surface area contributed by atoms with Crippen molar-refractivity contribution >= 4 is 17.7 Å². The lowest BCUT2D eigenvalue weighted by molar-refractivity contribution is -0.132. The van der Waals surface area contributed by atoms with Crippen molar-refractivity contribution in [1.29, 1.82) is 0 Å². The summed E-state index contributed by atoms with van der Waals surface area (Å²) in [5.41, 5.74) is -0.110. The first-order chi connectivity index (χ1) is 8.82. The predicted molar refractivity (Wildman–Crippen MR) is 70.6 cm³/mol. The summed E-state index contributed by atoms with van der Waals surface area (Å²) in [5, 5.41) is 4.70. The summed E-state index contributed by atoms with van der Waals surface area (Å²) < 4.78 is 0. The van der Waals surface area contributed by atoms with Crippen LogP contribution in [0, 0.1) is 5.92 Å². The third kappa shape index (κ3) is 3.94. The molecule has 104 valence electrons. The maximum absolute atomic E-state index is 11.7. The SMILES string of the molecule is C=C(NC(=O)C(C)C)C(=O)NC(=C)C(=O)N1CCC1. The van der Waals surface area contributed by atoms with Crippen LogP contribution in [0.5, 0.6) is 0 Å². The summed E-state index contributed by atoms with van der Waals surface area (Å²) in [6, 6.07) is 0. The van der Waals surface area contributed by atoms with Gasteiger partial charge >= 0.3 is 0 Å². The average Bonchev–Trinajstić information content (AvgIpc) is 2.25. The lowest BCUT2D eigenvalue weighted by atomic mass is 10.2. The van der Waals surface area contributed by atoms with Gasteiger partial charge in [0.2, 0.25) is 5.91 Å². The number of likely N-dealkylation sites (tertiary alicyclic amines) is 1. The van der Waals surface area contributed by atoms with E-state index in [-0.39, 0.29) is 29.1 Å². The van der Waals surface area contributed by atoms with Crippen LogP contribution in [0.4, 0.5) is 0 Å². The van der Waals surface area contributed by atoms with Crippen molar-refractivity contribution in [2.75, 3.05) is 13.1 Å². The number of nitrogens with zero attached hydrogens (tertiary/aromatic N) is 1. The molecule has 2 N–H and O–H groups in total. The van der Waals surface area contributed by atoms with Crippen LogP contribution in [0.2, 0.25) is 0 Å². The number of carbonyl (C=O) groups excluding carboxylic acids is 3. The molecule has 0 atom stereocenters. The first-order valence-corrected chi connectivity index (χ1v) is 6.12. The largest absolute Gasteiger partial charge is 0.337 e. The van der Waals surface area contributed by atoms with Gasteiger partial charge < -0.3 is 15.5 Å². The van der Waals surface area contributed by atoms with Crippen molar-refractivity contribution in [3.8, 4) is 0 Å². The second-order valence-corrected chi connectivity index (χ2v) is 4.70. The fourth-order valence-electron chi connectivity index (χ4n) is 1.33. The summed E-state index contributed by atoms with van der Waals surface area (Å²) >= 11 is 0. The Morgan fingerprint density at radius 3 is 2.05 bits per heavy atom. The standard InChI is InChI=1S/C13H19N3O3/c1-8(2)11(17)14-9(3)12(18)15-10(4)13(19)16-6-5-7-16/h8H,3-7H2,1-2H3,(H,14,17)(H,15,18). The van der Waals surface area contributed by atoms with Gasteiger partial charge in [0.25, 0.3) is 11.8 Å². The lowest BCUT2D eigenvalue weighted by Gasteiger charge is -2.31. The molecule has 6 nitrogen and oxygen atoms in total. The highest BCUT2D eigenvalue weighted by molar-refractivity contribution is 6.03. The fraction of sp³-hybridized carbons (Fsp3) is 0.462. The molecule has 0 aliphatic carbocycles. The van der Waals surface area contributed by atoms with Crippen LogP contribution in [0.25, 0.3) is 0 Å². The molecule has 0 unspecified atom stereocenters. The Bertz CT molecular complexity index is 436. The summed E-state index contributed by atoms with van der Waals surface area (Å²) in [4.78, 5) is 36.4. The van der Waals surface area contributed by atoms with Crippen LogP contribution < -0.4 is 10.6 Å². The van der Waals surface area contributed by atoms with E-state index in [4.69, 9.17) is 0 Å². The van der Waals surface area contributed by atoms with Gasteiger partial charge in [-0.1, -0.05) is 27.0 Å². The van der Waals surface area contributed by atoms with E-state index in [0.717, 1.165) is 6.42 Å². The maximum atomic E-state index is 11.7. The summed E-state index contributed by atoms with van der Waals surface area (Å²) in [6.07, 6.45) is 0.962. The van der Waals surface area contributed by atoms with Crippen LogP contribution >= 0.6 is 0 Å². The fourth-order valence-corrected chi connectivity index (χ4v) is 1.33. The van der Waals surface area contributed by atoms with Gasteiger partial charge in [-0.25, -0.2) is 0 Å². The van der Waals surface area contributed by atoms with Crippen molar-refractivity contribution in [2.24, 2.45) is 5.92 Å². The Kier molecular flexibility index (Phi) is 4.86. The zero-order chi connectivity index (χ0) is 14.6. The zero-order valence-electron chi connectivity index (χ0n) is 11.3. The molecule has 1 aliphatic heterocycles. The van der Waals surface area contributed by atoms with Crippen LogP contribution in [-0.2, 0) is 14.4 Å². The van der Waals surface area contributed by atoms with Crippen molar-refractivity contribution in [3.05, 3.63) is 24.6 Å². The Morgan fingerprint density at radius 1 is 1.05 bits per heavy atom. The molecule has 3 amide bonds. The first kappa shape index (κ1) is 14.9. The molecule has 1 rings (SSSR count). The second kappa shape index (κ2) is 6.17. The Balaban J connectivity index is 2.45. The maximum Gasteiger partial charge on any atom is 0.271 e. The van der Waals surface area contributed by atoms with E-state index >= 15 is 0 Å². The molecule has 0 aromatic carbocycles. The van der Waals surface area contributed by atoms with Crippen molar-refractivity contribution in [2.45, 2.75) is 20.3 Å². The molecule has 0 aromatic rings. The van der Waals surface area contributed by atoms with Crippen LogP contribution in [0.1, 0.15) is 20.3 Å². The summed E-state index contributed by atoms with van der Waals surface area (Å²) in [5.74, 6) is -1.49. The van der Waals surface area contributed by atoms with Crippen LogP contribution in [0.3, 0.4) is 0 Å². The average molecular weight is 265 g/mol. The predicted octanol–water partition coefficient (Wildman–Crippen LogP) is 0.135. The van der Waals surface area contributed by atoms with E-state index in [0.29, 0.717) is 13.1 Å². The van der Waals surface area contributed by atoms with Crippen molar-refractivity contribution < 1.29 is 14.4 Å². The van der Waals surface area contributed by atoms with Gasteiger partial charge in [-0.2, -0.15) is 0 Å². The highest BCUT2D eigenvalue weighted by Crippen LogP contribution is 2.08. The molecule has 0 spiro atoms. The highest BCUT2D eigenvalue weighted by atomic mass is 16.2. The third-order valence-corrected chi connectivity index (χ3v) is 2.74. The number of hydrogen-bond acceptors (Lipinski definition) is 3. The van der Waals surface area contributed by atoms with E-state index in [9.17, 15) is 14.4 Å². The van der Waals surface area contributed by atoms with Gasteiger partial charge in [-0.3, -0.25) is 14.4 Å². The minimum absolute atomic E-state index is 0.00959. The molecule has 19 heavy (non-hydrogen) atoms. The number of carbonyl (C=O) groups is 3. The molecule has 6 heteroatoms. The van der Waals surface area contributed by atoms with Gasteiger partial charge in [0, 0.05) is 19.0 Å². The number of hydrogen-bond donors (Lipinski definition) is 2. The van der Waals surface area contributed by atoms with E-state index in [2.05, 4.69) is 23.8 Å². The number of nitrogens with one attached hydrogen (secondary N) is 2. The Morgan fingerprint density at radius 2 is 1.63 bits per heavy atom. The highest BCUT2D eigenvalue weighted by Gasteiger charge is 2.24. The van der Waals surface area contributed by atoms with Gasteiger partial charge in [-0.15, -0.1) is 0 Å². The molecule has 1 fully saturated rings. The minimum Gasteiger partial charge on any atom is -0.337 e. The Labute approximate surface area is 112 Å². The molecular weight excluding hydrogens is 246 g/mol. The number of rotatable bonds is 5. The zero-order valence-corrected chi connectivity index (χ0v) is 11.3. The van der Waals surface area contributed by atoms with E-state index in [1.54, 1.807) is 18.7 Å². The Hall–Kier alpha value is -2.11. The molecule has 0 radical (unpaired) electrons. The topological polar surface area (TPSA) is 78.5 Å². The monoisotopic (exact) mass is 265 g/mol. The van der Waals surface area contributed by atoms with Crippen molar-refractivity contribution in [1.82, 2.24) is 15.5 Å². The molecule has 0 bridgehead atoms. The summed E-state index contributed by atoms with van der Waals surface area (Å²) in [7, 11) is 0. The smallest absolute Gasteiger partial charge is 0.271 e. The van der Waals surface area contributed by atoms with E-state index in [1.807, 2.05) is 0 Å². The second-order valence-electron chi connectivity index (χ2n) is 4.70. The molecule has 1 heterocycles. The normalized spacial score (nSPS) is 13.5. The van der Waals surface area contributed by atoms with E-state index in [1.165, 1.54) is 0 Å². The first-order valence-electron chi connectivity index (χ1n) is 6.12.